The van der Waals surface area contributed by atoms with Crippen molar-refractivity contribution < 1.29 is 37.6 Å². The molecule has 0 atom stereocenters. The summed E-state index contributed by atoms with van der Waals surface area (Å²) in [6, 6.07) is 1.81. The second kappa shape index (κ2) is 25.9. The molecule has 1 fully saturated rings. The van der Waals surface area contributed by atoms with Gasteiger partial charge in [-0.1, -0.05) is 39.9 Å². The van der Waals surface area contributed by atoms with Gasteiger partial charge in [-0.05, 0) is 27.7 Å². The molecular weight excluding hydrogens is 399 g/mol. The first-order valence-corrected chi connectivity index (χ1v) is 7.92. The topological polar surface area (TPSA) is 168 Å². The first kappa shape index (κ1) is 32.4. The van der Waals surface area contributed by atoms with Gasteiger partial charge in [-0.15, -0.1) is 19.2 Å². The predicted molar refractivity (Wildman–Crippen MR) is 102 cm³/mol. The smallest absolute Gasteiger partial charge is 0.662 e. The molecule has 27 heavy (non-hydrogen) atoms. The molecule has 1 rings (SSSR count). The summed E-state index contributed by atoms with van der Waals surface area (Å²) in [5, 5.41) is 55.0. The summed E-state index contributed by atoms with van der Waals surface area (Å²) in [6.45, 7) is 10.1. The van der Waals surface area contributed by atoms with Gasteiger partial charge in [0, 0.05) is 0 Å². The first-order valence-electron chi connectivity index (χ1n) is 7.92. The minimum absolute atomic E-state index is 0. The molecule has 11 heteroatoms. The van der Waals surface area contributed by atoms with E-state index in [1.165, 1.54) is 53.4 Å². The zero-order chi connectivity index (χ0) is 20.8. The van der Waals surface area contributed by atoms with E-state index in [1.54, 1.807) is 13.0 Å². The number of hydrogen-bond donors (Lipinski definition) is 4. The van der Waals surface area contributed by atoms with Gasteiger partial charge in [-0.2, -0.15) is 6.92 Å². The molecule has 0 aromatic heterocycles. The third-order valence-electron chi connectivity index (χ3n) is 2.91. The molecule has 0 amide bonds. The number of piperidine rings is 1. The van der Waals surface area contributed by atoms with Crippen LogP contribution >= 0.6 is 0 Å². The molecule has 0 bridgehead atoms. The van der Waals surface area contributed by atoms with Crippen LogP contribution in [0, 0.1) is 17.8 Å². The van der Waals surface area contributed by atoms with Crippen molar-refractivity contribution in [3.05, 3.63) is 11.7 Å². The second-order valence-corrected chi connectivity index (χ2v) is 4.89. The molecular formula is C16H30CoN6O4. The fourth-order valence-corrected chi connectivity index (χ4v) is 1.03. The van der Waals surface area contributed by atoms with Gasteiger partial charge < -0.3 is 26.1 Å². The van der Waals surface area contributed by atoms with E-state index in [9.17, 15) is 0 Å². The van der Waals surface area contributed by atoms with E-state index in [0.29, 0.717) is 22.8 Å². The largest absolute Gasteiger partial charge is 2.00 e. The van der Waals surface area contributed by atoms with E-state index >= 15 is 0 Å². The molecule has 0 unspecified atom stereocenters. The molecule has 0 aromatic rings. The minimum atomic E-state index is 0. The summed E-state index contributed by atoms with van der Waals surface area (Å²) in [5.41, 5.74) is 1.25. The first-order chi connectivity index (χ1) is 12.4. The van der Waals surface area contributed by atoms with Gasteiger partial charge in [-0.3, -0.25) is 6.42 Å². The Morgan fingerprint density at radius 2 is 1.04 bits per heavy atom. The van der Waals surface area contributed by atoms with E-state index < -0.39 is 0 Å². The average molecular weight is 429 g/mol. The summed E-state index contributed by atoms with van der Waals surface area (Å²) in [4.78, 5) is 0. The number of oxime groups is 4. The Labute approximate surface area is 171 Å². The molecule has 1 radical (unpaired) electrons. The Balaban J connectivity index is -0.000000133. The molecule has 1 heterocycles. The molecule has 1 saturated heterocycles. The normalized spacial score (nSPS) is 14.4. The molecule has 1 aliphatic rings. The maximum atomic E-state index is 8.03. The van der Waals surface area contributed by atoms with Gasteiger partial charge in [0.15, 0.2) is 0 Å². The van der Waals surface area contributed by atoms with Gasteiger partial charge in [0.25, 0.3) is 0 Å². The molecule has 10 nitrogen and oxygen atoms in total. The van der Waals surface area contributed by atoms with E-state index in [0.717, 1.165) is 13.1 Å². The van der Waals surface area contributed by atoms with Crippen LogP contribution in [0.4, 0.5) is 0 Å². The summed E-state index contributed by atoms with van der Waals surface area (Å²) in [6.07, 6.45) is 5.50. The number of nitriles is 1. The van der Waals surface area contributed by atoms with Crippen LogP contribution in [0.15, 0.2) is 20.6 Å². The Hall–Kier alpha value is -2.29. The van der Waals surface area contributed by atoms with Crippen LogP contribution in [0.3, 0.4) is 0 Å². The van der Waals surface area contributed by atoms with Crippen molar-refractivity contribution in [3.8, 4) is 6.07 Å². The van der Waals surface area contributed by atoms with E-state index in [4.69, 9.17) is 26.1 Å². The zero-order valence-corrected chi connectivity index (χ0v) is 17.5. The minimum Gasteiger partial charge on any atom is -0.662 e. The second-order valence-electron chi connectivity index (χ2n) is 4.89. The van der Waals surface area contributed by atoms with Crippen LogP contribution < -0.4 is 0 Å². The molecule has 0 aromatic carbocycles. The SMILES string of the molecule is C1CC[N-]CC1.CC(=NO)C(C)=NO.CC(=NO)C(C)=NO.C[CH-]C#N.[Co+2]. The fraction of sp³-hybridized carbons (Fsp3) is 0.625. The van der Waals surface area contributed by atoms with Crippen LogP contribution in [0.5, 0.6) is 0 Å². The van der Waals surface area contributed by atoms with E-state index in [1.807, 2.05) is 0 Å². The third-order valence-corrected chi connectivity index (χ3v) is 2.91. The monoisotopic (exact) mass is 429 g/mol. The van der Waals surface area contributed by atoms with Crippen LogP contribution in [-0.2, 0) is 16.8 Å². The molecule has 0 aliphatic carbocycles. The maximum Gasteiger partial charge on any atom is 2.00 e. The Morgan fingerprint density at radius 3 is 1.11 bits per heavy atom. The van der Waals surface area contributed by atoms with Crippen molar-refractivity contribution in [1.82, 2.24) is 0 Å². The molecule has 0 spiro atoms. The van der Waals surface area contributed by atoms with E-state index in [-0.39, 0.29) is 16.8 Å². The third kappa shape index (κ3) is 26.1. The van der Waals surface area contributed by atoms with Crippen molar-refractivity contribution >= 4 is 22.8 Å². The summed E-state index contributed by atoms with van der Waals surface area (Å²) in [7, 11) is 0. The van der Waals surface area contributed by atoms with Crippen molar-refractivity contribution in [1.29, 1.82) is 5.26 Å². The van der Waals surface area contributed by atoms with Crippen molar-refractivity contribution in [2.24, 2.45) is 20.6 Å². The zero-order valence-electron chi connectivity index (χ0n) is 16.4. The van der Waals surface area contributed by atoms with Gasteiger partial charge in [0.1, 0.15) is 22.8 Å². The van der Waals surface area contributed by atoms with Crippen molar-refractivity contribution in [3.63, 3.8) is 0 Å². The van der Waals surface area contributed by atoms with Crippen LogP contribution in [0.2, 0.25) is 0 Å². The fourth-order valence-electron chi connectivity index (χ4n) is 1.03. The van der Waals surface area contributed by atoms with Gasteiger partial charge in [-0.25, -0.2) is 5.26 Å². The van der Waals surface area contributed by atoms with Crippen molar-refractivity contribution in [2.45, 2.75) is 53.9 Å². The Kier molecular flexibility index (Phi) is 31.1. The standard InChI is InChI=1S/C5H10N.2C4H8N2O2.C3H4N.Co/c1-2-4-6-5-3-1;2*1-3(5-7)4(2)6-8;1-2-3-4;/h1-5H2;2*7-8H,1-2H3;2H,1H3;/q-1;;;-1;+2. The summed E-state index contributed by atoms with van der Waals surface area (Å²) < 4.78 is 0. The van der Waals surface area contributed by atoms with E-state index in [2.05, 4.69) is 25.9 Å². The van der Waals surface area contributed by atoms with Crippen LogP contribution in [0.1, 0.15) is 53.9 Å². The van der Waals surface area contributed by atoms with Gasteiger partial charge >= 0.3 is 16.8 Å². The maximum absolute atomic E-state index is 8.03. The van der Waals surface area contributed by atoms with Crippen LogP contribution in [0.25, 0.3) is 5.32 Å². The van der Waals surface area contributed by atoms with Crippen molar-refractivity contribution in [2.75, 3.05) is 13.1 Å². The van der Waals surface area contributed by atoms with Gasteiger partial charge in [0.05, 0.1) is 0 Å². The summed E-state index contributed by atoms with van der Waals surface area (Å²) >= 11 is 0. The van der Waals surface area contributed by atoms with Gasteiger partial charge in [0.2, 0.25) is 0 Å². The number of rotatable bonds is 2. The number of hydrogen-bond acceptors (Lipinski definition) is 9. The predicted octanol–water partition coefficient (Wildman–Crippen LogP) is 3.65. The van der Waals surface area contributed by atoms with Crippen LogP contribution in [-0.4, -0.2) is 56.8 Å². The molecule has 157 valence electrons. The molecule has 4 N–H and O–H groups in total. The Bertz CT molecular complexity index is 422. The quantitative estimate of drug-likeness (QED) is 0.227. The summed E-state index contributed by atoms with van der Waals surface area (Å²) in [5.74, 6) is 0. The molecule has 0 saturated carbocycles. The molecule has 1 aliphatic heterocycles. The number of nitrogens with zero attached hydrogens (tertiary/aromatic N) is 6. The Morgan fingerprint density at radius 1 is 0.778 bits per heavy atom. The average Bonchev–Trinajstić information content (AvgIpc) is 2.73.